The van der Waals surface area contributed by atoms with Crippen LogP contribution in [0.25, 0.3) is 77.2 Å². The Morgan fingerprint density at radius 3 is 1.47 bits per heavy atom. The van der Waals surface area contributed by atoms with Gasteiger partial charge in [-0.05, 0) is 130 Å². The largest absolute Gasteiger partial charge is 0.0713 e. The van der Waals surface area contributed by atoms with E-state index in [0.717, 1.165) is 0 Å². The Kier molecular flexibility index (Phi) is 5.97. The van der Waals surface area contributed by atoms with Gasteiger partial charge in [0.15, 0.2) is 0 Å². The van der Waals surface area contributed by atoms with Gasteiger partial charge in [-0.25, -0.2) is 0 Å². The van der Waals surface area contributed by atoms with Crippen molar-refractivity contribution in [3.8, 4) is 55.6 Å². The second-order valence-corrected chi connectivity index (χ2v) is 14.0. The van der Waals surface area contributed by atoms with Crippen molar-refractivity contribution < 1.29 is 0 Å². The topological polar surface area (TPSA) is 0 Å². The Bertz CT molecular complexity index is 2800. The van der Waals surface area contributed by atoms with Crippen LogP contribution in [0.1, 0.15) is 22.3 Å². The van der Waals surface area contributed by atoms with Crippen LogP contribution in [0.3, 0.4) is 0 Å². The molecule has 0 bridgehead atoms. The molecule has 0 heterocycles. The maximum Gasteiger partial charge on any atom is 0.0713 e. The van der Waals surface area contributed by atoms with E-state index in [4.69, 9.17) is 0 Å². The van der Waals surface area contributed by atoms with Crippen LogP contribution in [-0.2, 0) is 5.41 Å². The molecule has 0 spiro atoms. The first-order chi connectivity index (χ1) is 25.3. The average molecular weight is 645 g/mol. The van der Waals surface area contributed by atoms with E-state index < -0.39 is 5.41 Å². The Balaban J connectivity index is 1.04. The molecule has 0 fully saturated rings. The molecular weight excluding hydrogens is 613 g/mol. The second-order valence-electron chi connectivity index (χ2n) is 14.0. The van der Waals surface area contributed by atoms with E-state index in [0.29, 0.717) is 0 Å². The van der Waals surface area contributed by atoms with Crippen molar-refractivity contribution >= 4 is 21.5 Å². The number of benzene rings is 9. The van der Waals surface area contributed by atoms with E-state index in [-0.39, 0.29) is 0 Å². The van der Waals surface area contributed by atoms with Gasteiger partial charge in [0.25, 0.3) is 0 Å². The van der Waals surface area contributed by atoms with E-state index in [1.165, 1.54) is 99.4 Å². The highest BCUT2D eigenvalue weighted by atomic mass is 14.5. The average Bonchev–Trinajstić information content (AvgIpc) is 3.69. The molecule has 236 valence electrons. The smallest absolute Gasteiger partial charge is 0.0622 e. The Labute approximate surface area is 297 Å². The molecule has 2 aliphatic carbocycles. The predicted molar refractivity (Wildman–Crippen MR) is 214 cm³/mol. The van der Waals surface area contributed by atoms with Crippen LogP contribution < -0.4 is 0 Å². The third-order valence-electron chi connectivity index (χ3n) is 11.4. The van der Waals surface area contributed by atoms with Crippen LogP contribution >= 0.6 is 0 Å². The fraction of sp³-hybridized carbons (Fsp3) is 0.0196. The number of rotatable bonds is 4. The normalized spacial score (nSPS) is 13.3. The highest BCUT2D eigenvalue weighted by Crippen LogP contribution is 2.57. The van der Waals surface area contributed by atoms with Crippen molar-refractivity contribution in [2.24, 2.45) is 0 Å². The van der Waals surface area contributed by atoms with E-state index in [1.54, 1.807) is 0 Å². The number of fused-ring (bicyclic) bond motifs is 7. The molecule has 0 heteroatoms. The maximum atomic E-state index is 2.45. The van der Waals surface area contributed by atoms with Gasteiger partial charge < -0.3 is 0 Å². The lowest BCUT2D eigenvalue weighted by atomic mass is 9.67. The molecule has 0 amide bonds. The standard InChI is InChI=1S/C51H32/c1-3-13-40(14-4-1)51(41-15-5-2-6-16-41)48-21-10-9-19-44(48)45-27-26-37(32-49(45)51)35-23-22-34-29-36(25-24-33(34)28-35)39-30-38-12-11-20-46-42-17-7-8-18-43(42)47(31-39)50(38)46/h1-32H. The van der Waals surface area contributed by atoms with Crippen molar-refractivity contribution in [2.75, 3.05) is 0 Å². The van der Waals surface area contributed by atoms with Gasteiger partial charge in [0.1, 0.15) is 0 Å². The van der Waals surface area contributed by atoms with Crippen molar-refractivity contribution in [2.45, 2.75) is 5.41 Å². The van der Waals surface area contributed by atoms with Crippen LogP contribution in [0.15, 0.2) is 194 Å². The van der Waals surface area contributed by atoms with Crippen LogP contribution in [-0.4, -0.2) is 0 Å². The van der Waals surface area contributed by atoms with E-state index in [1.807, 2.05) is 0 Å². The van der Waals surface area contributed by atoms with Crippen molar-refractivity contribution in [1.29, 1.82) is 0 Å². The molecule has 0 aromatic heterocycles. The summed E-state index contributed by atoms with van der Waals surface area (Å²) in [6.45, 7) is 0. The number of hydrogen-bond donors (Lipinski definition) is 0. The summed E-state index contributed by atoms with van der Waals surface area (Å²) in [6.07, 6.45) is 0. The van der Waals surface area contributed by atoms with E-state index in [2.05, 4.69) is 194 Å². The first kappa shape index (κ1) is 28.3. The van der Waals surface area contributed by atoms with Gasteiger partial charge in [-0.3, -0.25) is 0 Å². The zero-order valence-corrected chi connectivity index (χ0v) is 28.0. The minimum atomic E-state index is -0.405. The molecule has 9 aromatic carbocycles. The molecule has 0 saturated heterocycles. The fourth-order valence-electron chi connectivity index (χ4n) is 9.21. The SMILES string of the molecule is c1ccc(C2(c3ccccc3)c3ccccc3-c3ccc(-c4ccc5cc(-c6cc7c8c(cccc8c6)-c6ccccc6-7)ccc5c4)cc32)cc1. The van der Waals surface area contributed by atoms with Crippen molar-refractivity contribution in [3.63, 3.8) is 0 Å². The summed E-state index contributed by atoms with van der Waals surface area (Å²) >= 11 is 0. The summed E-state index contributed by atoms with van der Waals surface area (Å²) in [7, 11) is 0. The lowest BCUT2D eigenvalue weighted by molar-refractivity contribution is 0.769. The lowest BCUT2D eigenvalue weighted by Crippen LogP contribution is -2.28. The van der Waals surface area contributed by atoms with Gasteiger partial charge in [-0.2, -0.15) is 0 Å². The zero-order valence-electron chi connectivity index (χ0n) is 28.0. The predicted octanol–water partition coefficient (Wildman–Crippen LogP) is 13.3. The molecule has 0 atom stereocenters. The van der Waals surface area contributed by atoms with Gasteiger partial charge in [-0.1, -0.05) is 164 Å². The van der Waals surface area contributed by atoms with E-state index in [9.17, 15) is 0 Å². The van der Waals surface area contributed by atoms with Crippen LogP contribution in [0, 0.1) is 0 Å². The molecule has 0 nitrogen and oxygen atoms in total. The highest BCUT2D eigenvalue weighted by molar-refractivity contribution is 6.16. The molecule has 9 aromatic rings. The molecule has 0 aliphatic heterocycles. The van der Waals surface area contributed by atoms with Gasteiger partial charge in [0.05, 0.1) is 5.41 Å². The summed E-state index contributed by atoms with van der Waals surface area (Å²) in [5, 5.41) is 5.16. The van der Waals surface area contributed by atoms with Crippen molar-refractivity contribution in [1.82, 2.24) is 0 Å². The van der Waals surface area contributed by atoms with Crippen LogP contribution in [0.4, 0.5) is 0 Å². The second kappa shape index (κ2) is 10.7. The van der Waals surface area contributed by atoms with E-state index >= 15 is 0 Å². The molecule has 2 aliphatic rings. The summed E-state index contributed by atoms with van der Waals surface area (Å²) in [4.78, 5) is 0. The molecule has 0 radical (unpaired) electrons. The fourth-order valence-corrected chi connectivity index (χ4v) is 9.21. The molecule has 0 N–H and O–H groups in total. The minimum Gasteiger partial charge on any atom is -0.0622 e. The summed E-state index contributed by atoms with van der Waals surface area (Å²) < 4.78 is 0. The summed E-state index contributed by atoms with van der Waals surface area (Å²) in [6, 6.07) is 72.3. The molecular formula is C51H32. The third kappa shape index (κ3) is 4.02. The minimum absolute atomic E-state index is 0.405. The maximum absolute atomic E-state index is 2.45. The highest BCUT2D eigenvalue weighted by Gasteiger charge is 2.46. The first-order valence-electron chi connectivity index (χ1n) is 17.8. The molecule has 11 rings (SSSR count). The van der Waals surface area contributed by atoms with Crippen molar-refractivity contribution in [3.05, 3.63) is 216 Å². The summed E-state index contributed by atoms with van der Waals surface area (Å²) in [5.41, 5.74) is 17.8. The summed E-state index contributed by atoms with van der Waals surface area (Å²) in [5.74, 6) is 0. The van der Waals surface area contributed by atoms with Gasteiger partial charge in [0, 0.05) is 0 Å². The van der Waals surface area contributed by atoms with Gasteiger partial charge in [-0.15, -0.1) is 0 Å². The lowest BCUT2D eigenvalue weighted by Gasteiger charge is -2.34. The zero-order chi connectivity index (χ0) is 33.5. The quantitative estimate of drug-likeness (QED) is 0.179. The van der Waals surface area contributed by atoms with Gasteiger partial charge >= 0.3 is 0 Å². The Morgan fingerprint density at radius 2 is 0.765 bits per heavy atom. The van der Waals surface area contributed by atoms with Crippen LogP contribution in [0.2, 0.25) is 0 Å². The molecule has 51 heavy (non-hydrogen) atoms. The third-order valence-corrected chi connectivity index (χ3v) is 11.4. The molecule has 0 saturated carbocycles. The number of hydrogen-bond acceptors (Lipinski definition) is 0. The molecule has 0 unspecified atom stereocenters. The Hall–Kier alpha value is -6.50. The van der Waals surface area contributed by atoms with Crippen LogP contribution in [0.5, 0.6) is 0 Å². The monoisotopic (exact) mass is 644 g/mol. The Morgan fingerprint density at radius 1 is 0.255 bits per heavy atom. The first-order valence-corrected chi connectivity index (χ1v) is 17.8. The van der Waals surface area contributed by atoms with Gasteiger partial charge in [0.2, 0.25) is 0 Å².